The summed E-state index contributed by atoms with van der Waals surface area (Å²) >= 11 is 6.01. The lowest BCUT2D eigenvalue weighted by Gasteiger charge is -2.13. The molecule has 0 spiro atoms. The van der Waals surface area contributed by atoms with Crippen LogP contribution < -0.4 is 5.32 Å². The summed E-state index contributed by atoms with van der Waals surface area (Å²) in [5.41, 5.74) is 3.43. The highest BCUT2D eigenvalue weighted by molar-refractivity contribution is 6.30. The number of benzene rings is 1. The summed E-state index contributed by atoms with van der Waals surface area (Å²) in [5.74, 6) is 0. The first-order chi connectivity index (χ1) is 7.54. The number of hydrogen-bond donors (Lipinski definition) is 1. The highest BCUT2D eigenvalue weighted by Crippen LogP contribution is 2.45. The lowest BCUT2D eigenvalue weighted by molar-refractivity contribution is 0.470. The van der Waals surface area contributed by atoms with E-state index in [9.17, 15) is 0 Å². The summed E-state index contributed by atoms with van der Waals surface area (Å²) in [6, 6.07) is 7.65. The maximum absolute atomic E-state index is 6.01. The van der Waals surface area contributed by atoms with Gasteiger partial charge in [0, 0.05) is 17.1 Å². The second-order valence-electron chi connectivity index (χ2n) is 5.93. The molecule has 16 heavy (non-hydrogen) atoms. The van der Waals surface area contributed by atoms with Crippen molar-refractivity contribution in [2.45, 2.75) is 45.2 Å². The van der Waals surface area contributed by atoms with Gasteiger partial charge < -0.3 is 5.32 Å². The predicted molar refractivity (Wildman–Crippen MR) is 68.0 cm³/mol. The van der Waals surface area contributed by atoms with Crippen LogP contribution in [0.4, 0.5) is 0 Å². The lowest BCUT2D eigenvalue weighted by atomic mass is 10.1. The molecule has 2 aliphatic carbocycles. The van der Waals surface area contributed by atoms with Crippen molar-refractivity contribution in [1.82, 2.24) is 5.32 Å². The van der Waals surface area contributed by atoms with E-state index in [1.165, 1.54) is 24.0 Å². The van der Waals surface area contributed by atoms with Gasteiger partial charge in [0.25, 0.3) is 0 Å². The van der Waals surface area contributed by atoms with Gasteiger partial charge in [0.2, 0.25) is 0 Å². The molecule has 2 atom stereocenters. The smallest absolute Gasteiger partial charge is 0.0408 e. The van der Waals surface area contributed by atoms with Crippen LogP contribution in [0.1, 0.15) is 31.4 Å². The second kappa shape index (κ2) is 3.48. The maximum Gasteiger partial charge on any atom is 0.0408 e. The number of nitrogens with one attached hydrogen (secondary N) is 1. The summed E-state index contributed by atoms with van der Waals surface area (Å²) in [6.07, 6.45) is 3.63. The average molecular weight is 236 g/mol. The van der Waals surface area contributed by atoms with E-state index >= 15 is 0 Å². The normalized spacial score (nSPS) is 30.2. The molecule has 0 amide bonds. The van der Waals surface area contributed by atoms with Gasteiger partial charge in [-0.25, -0.2) is 0 Å². The first-order valence-electron chi connectivity index (χ1n) is 6.08. The standard InChI is InChI=1S/C14H18ClN/c1-14(2)8-13(14)16-12-6-9-3-4-11(15)5-10(9)7-12/h3-5,12-13,16H,6-8H2,1-2H3. The Balaban J connectivity index is 1.67. The summed E-state index contributed by atoms with van der Waals surface area (Å²) < 4.78 is 0. The van der Waals surface area contributed by atoms with Crippen molar-refractivity contribution in [3.8, 4) is 0 Å². The minimum atomic E-state index is 0.520. The fraction of sp³-hybridized carbons (Fsp3) is 0.571. The summed E-state index contributed by atoms with van der Waals surface area (Å²) in [4.78, 5) is 0. The number of fused-ring (bicyclic) bond motifs is 1. The minimum Gasteiger partial charge on any atom is -0.310 e. The minimum absolute atomic E-state index is 0.520. The van der Waals surface area contributed by atoms with Crippen LogP contribution in [0.5, 0.6) is 0 Å². The van der Waals surface area contributed by atoms with Crippen LogP contribution >= 0.6 is 11.6 Å². The van der Waals surface area contributed by atoms with Crippen molar-refractivity contribution in [1.29, 1.82) is 0 Å². The molecule has 1 aromatic rings. The van der Waals surface area contributed by atoms with Gasteiger partial charge in [-0.05, 0) is 47.9 Å². The Labute approximate surface area is 102 Å². The van der Waals surface area contributed by atoms with E-state index in [2.05, 4.69) is 31.3 Å². The zero-order valence-electron chi connectivity index (χ0n) is 9.89. The third-order valence-corrected chi connectivity index (χ3v) is 4.29. The number of rotatable bonds is 2. The topological polar surface area (TPSA) is 12.0 Å². The number of halogens is 1. The molecule has 1 fully saturated rings. The molecule has 2 aliphatic rings. The van der Waals surface area contributed by atoms with E-state index < -0.39 is 0 Å². The highest BCUT2D eigenvalue weighted by Gasteiger charge is 2.46. The van der Waals surface area contributed by atoms with E-state index in [-0.39, 0.29) is 0 Å². The Kier molecular flexibility index (Phi) is 2.31. The first kappa shape index (κ1) is 10.6. The maximum atomic E-state index is 6.01. The van der Waals surface area contributed by atoms with Crippen molar-refractivity contribution < 1.29 is 0 Å². The third-order valence-electron chi connectivity index (χ3n) is 4.05. The van der Waals surface area contributed by atoms with Gasteiger partial charge in [-0.1, -0.05) is 31.5 Å². The second-order valence-corrected chi connectivity index (χ2v) is 6.37. The summed E-state index contributed by atoms with van der Waals surface area (Å²) in [7, 11) is 0. The van der Waals surface area contributed by atoms with Gasteiger partial charge in [0.1, 0.15) is 0 Å². The quantitative estimate of drug-likeness (QED) is 0.830. The third kappa shape index (κ3) is 1.87. The molecule has 86 valence electrons. The molecule has 0 bridgehead atoms. The largest absolute Gasteiger partial charge is 0.310 e. The Bertz CT molecular complexity index is 425. The van der Waals surface area contributed by atoms with E-state index in [1.54, 1.807) is 0 Å². The van der Waals surface area contributed by atoms with Crippen molar-refractivity contribution >= 4 is 11.6 Å². The molecular weight excluding hydrogens is 218 g/mol. The van der Waals surface area contributed by atoms with Crippen molar-refractivity contribution in [2.75, 3.05) is 0 Å². The molecule has 2 unspecified atom stereocenters. The molecular formula is C14H18ClN. The van der Waals surface area contributed by atoms with Crippen molar-refractivity contribution in [2.24, 2.45) is 5.41 Å². The molecule has 0 radical (unpaired) electrons. The van der Waals surface area contributed by atoms with Crippen LogP contribution in [-0.2, 0) is 12.8 Å². The van der Waals surface area contributed by atoms with E-state index in [0.29, 0.717) is 11.5 Å². The lowest BCUT2D eigenvalue weighted by Crippen LogP contribution is -2.33. The Morgan fingerprint density at radius 1 is 1.25 bits per heavy atom. The average Bonchev–Trinajstić information content (AvgIpc) is 2.64. The fourth-order valence-corrected chi connectivity index (χ4v) is 2.94. The highest BCUT2D eigenvalue weighted by atomic mass is 35.5. The SMILES string of the molecule is CC1(C)CC1NC1Cc2ccc(Cl)cc2C1. The van der Waals surface area contributed by atoms with Gasteiger partial charge in [-0.3, -0.25) is 0 Å². The molecule has 1 saturated carbocycles. The van der Waals surface area contributed by atoms with E-state index in [4.69, 9.17) is 11.6 Å². The van der Waals surface area contributed by atoms with E-state index in [0.717, 1.165) is 17.5 Å². The van der Waals surface area contributed by atoms with Crippen LogP contribution in [-0.4, -0.2) is 12.1 Å². The van der Waals surface area contributed by atoms with Crippen LogP contribution in [0, 0.1) is 5.41 Å². The zero-order chi connectivity index (χ0) is 11.3. The van der Waals surface area contributed by atoms with Gasteiger partial charge in [0.15, 0.2) is 0 Å². The Morgan fingerprint density at radius 3 is 2.62 bits per heavy atom. The molecule has 0 saturated heterocycles. The monoisotopic (exact) mass is 235 g/mol. The van der Waals surface area contributed by atoms with Crippen molar-refractivity contribution in [3.63, 3.8) is 0 Å². The molecule has 0 aliphatic heterocycles. The Hall–Kier alpha value is -0.530. The van der Waals surface area contributed by atoms with Crippen LogP contribution in [0.2, 0.25) is 5.02 Å². The molecule has 0 aromatic heterocycles. The van der Waals surface area contributed by atoms with Crippen LogP contribution in [0.15, 0.2) is 18.2 Å². The van der Waals surface area contributed by atoms with E-state index in [1.807, 2.05) is 6.07 Å². The molecule has 1 nitrogen and oxygen atoms in total. The van der Waals surface area contributed by atoms with Gasteiger partial charge in [-0.2, -0.15) is 0 Å². The fourth-order valence-electron chi connectivity index (χ4n) is 2.74. The van der Waals surface area contributed by atoms with Crippen LogP contribution in [0.3, 0.4) is 0 Å². The summed E-state index contributed by atoms with van der Waals surface area (Å²) in [6.45, 7) is 4.67. The van der Waals surface area contributed by atoms with Gasteiger partial charge >= 0.3 is 0 Å². The molecule has 1 N–H and O–H groups in total. The van der Waals surface area contributed by atoms with Crippen molar-refractivity contribution in [3.05, 3.63) is 34.3 Å². The van der Waals surface area contributed by atoms with Crippen LogP contribution in [0.25, 0.3) is 0 Å². The first-order valence-corrected chi connectivity index (χ1v) is 6.46. The molecule has 3 rings (SSSR count). The zero-order valence-corrected chi connectivity index (χ0v) is 10.6. The summed E-state index contributed by atoms with van der Waals surface area (Å²) in [5, 5.41) is 4.63. The number of hydrogen-bond acceptors (Lipinski definition) is 1. The molecule has 2 heteroatoms. The van der Waals surface area contributed by atoms with Gasteiger partial charge in [0.05, 0.1) is 0 Å². The molecule has 0 heterocycles. The Morgan fingerprint density at radius 2 is 1.94 bits per heavy atom. The van der Waals surface area contributed by atoms with Gasteiger partial charge in [-0.15, -0.1) is 0 Å². The molecule has 1 aromatic carbocycles. The predicted octanol–water partition coefficient (Wildman–Crippen LogP) is 3.20.